The first-order valence-electron chi connectivity index (χ1n) is 5.56. The number of hydrogen-bond donors (Lipinski definition) is 1. The van der Waals surface area contributed by atoms with Crippen LogP contribution in [0.25, 0.3) is 11.0 Å². The molecule has 2 rings (SSSR count). The second kappa shape index (κ2) is 4.89. The van der Waals surface area contributed by atoms with Gasteiger partial charge in [0, 0.05) is 0 Å². The Morgan fingerprint density at radius 3 is 2.94 bits per heavy atom. The Labute approximate surface area is 108 Å². The molecule has 0 radical (unpaired) electrons. The van der Waals surface area contributed by atoms with Crippen molar-refractivity contribution in [2.75, 3.05) is 7.11 Å². The van der Waals surface area contributed by atoms with Crippen molar-refractivity contribution >= 4 is 29.2 Å². The van der Waals surface area contributed by atoms with Gasteiger partial charge in [0.25, 0.3) is 0 Å². The number of carbonyl (C=O) groups is 1. The summed E-state index contributed by atoms with van der Waals surface area (Å²) < 4.78 is 20.0. The van der Waals surface area contributed by atoms with E-state index in [1.165, 1.54) is 19.2 Å². The molecule has 0 saturated heterocycles. The fourth-order valence-electron chi connectivity index (χ4n) is 1.99. The molecule has 1 atom stereocenters. The molecule has 1 N–H and O–H groups in total. The first kappa shape index (κ1) is 12.8. The number of carbonyl (C=O) groups excluding carboxylic acids is 1. The molecule has 1 unspecified atom stereocenters. The van der Waals surface area contributed by atoms with E-state index in [0.717, 1.165) is 0 Å². The van der Waals surface area contributed by atoms with Crippen LogP contribution < -0.4 is 0 Å². The van der Waals surface area contributed by atoms with E-state index in [1.807, 2.05) is 6.92 Å². The van der Waals surface area contributed by atoms with E-state index in [-0.39, 0.29) is 5.82 Å². The number of rotatable bonds is 3. The van der Waals surface area contributed by atoms with Crippen molar-refractivity contribution < 1.29 is 13.9 Å². The number of aromatic amines is 1. The maximum Gasteiger partial charge on any atom is 0.328 e. The van der Waals surface area contributed by atoms with Gasteiger partial charge in [0.05, 0.1) is 18.1 Å². The minimum atomic E-state index is -0.543. The molecule has 96 valence electrons. The number of aromatic nitrogens is 2. The molecule has 0 saturated carbocycles. The summed E-state index contributed by atoms with van der Waals surface area (Å²) in [6.45, 7) is 1.85. The number of esters is 1. The van der Waals surface area contributed by atoms with Gasteiger partial charge in [-0.1, -0.05) is 6.92 Å². The topological polar surface area (TPSA) is 47.0 Å². The lowest BCUT2D eigenvalue weighted by atomic mass is 10.2. The van der Waals surface area contributed by atoms with E-state index in [9.17, 15) is 9.18 Å². The van der Waals surface area contributed by atoms with Crippen LogP contribution in [-0.4, -0.2) is 22.6 Å². The van der Waals surface area contributed by atoms with Crippen molar-refractivity contribution in [3.05, 3.63) is 28.8 Å². The van der Waals surface area contributed by atoms with Crippen LogP contribution in [0.1, 0.15) is 19.4 Å². The normalized spacial score (nSPS) is 12.6. The third-order valence-electron chi connectivity index (χ3n) is 2.85. The maximum absolute atomic E-state index is 13.3. The highest BCUT2D eigenvalue weighted by Gasteiger charge is 2.22. The van der Waals surface area contributed by atoms with Crippen LogP contribution in [0.2, 0.25) is 0 Å². The van der Waals surface area contributed by atoms with Crippen LogP contribution in [0.3, 0.4) is 0 Å². The van der Waals surface area contributed by atoms with Crippen LogP contribution in [0.15, 0.2) is 18.2 Å². The van der Waals surface area contributed by atoms with E-state index < -0.39 is 12.0 Å². The number of benzene rings is 1. The summed E-state index contributed by atoms with van der Waals surface area (Å²) in [6.07, 6.45) is 0.518. The van der Waals surface area contributed by atoms with Crippen LogP contribution in [0, 0.1) is 10.6 Å². The quantitative estimate of drug-likeness (QED) is 0.687. The van der Waals surface area contributed by atoms with Crippen molar-refractivity contribution in [2.45, 2.75) is 19.4 Å². The number of imidazole rings is 1. The SMILES string of the molecule is CCC(C(=O)OC)n1c(=S)[nH]c2ccc(F)cc21. The molecule has 1 heterocycles. The molecule has 1 aromatic carbocycles. The summed E-state index contributed by atoms with van der Waals surface area (Å²) in [6, 6.07) is 3.75. The van der Waals surface area contributed by atoms with Gasteiger partial charge < -0.3 is 14.3 Å². The molecule has 2 aromatic rings. The predicted molar refractivity (Wildman–Crippen MR) is 68.4 cm³/mol. The van der Waals surface area contributed by atoms with Gasteiger partial charge in [-0.25, -0.2) is 9.18 Å². The zero-order valence-corrected chi connectivity index (χ0v) is 10.9. The maximum atomic E-state index is 13.3. The summed E-state index contributed by atoms with van der Waals surface area (Å²) in [5.74, 6) is -0.760. The molecule has 0 aliphatic carbocycles. The summed E-state index contributed by atoms with van der Waals surface area (Å²) in [5.41, 5.74) is 1.26. The Hall–Kier alpha value is -1.69. The van der Waals surface area contributed by atoms with E-state index in [0.29, 0.717) is 22.2 Å². The average Bonchev–Trinajstić information content (AvgIpc) is 2.67. The van der Waals surface area contributed by atoms with Crippen LogP contribution in [0.4, 0.5) is 4.39 Å². The number of halogens is 1. The second-order valence-corrected chi connectivity index (χ2v) is 4.30. The van der Waals surface area contributed by atoms with Gasteiger partial charge in [-0.3, -0.25) is 0 Å². The van der Waals surface area contributed by atoms with E-state index in [1.54, 1.807) is 10.6 Å². The minimum absolute atomic E-state index is 0.370. The van der Waals surface area contributed by atoms with Gasteiger partial charge >= 0.3 is 5.97 Å². The first-order valence-corrected chi connectivity index (χ1v) is 5.97. The fourth-order valence-corrected chi connectivity index (χ4v) is 2.33. The number of ether oxygens (including phenoxy) is 1. The van der Waals surface area contributed by atoms with Gasteiger partial charge in [-0.2, -0.15) is 0 Å². The molecule has 0 aliphatic heterocycles. The summed E-state index contributed by atoms with van der Waals surface area (Å²) in [7, 11) is 1.32. The smallest absolute Gasteiger partial charge is 0.328 e. The molecule has 6 heteroatoms. The highest BCUT2D eigenvalue weighted by atomic mass is 32.1. The van der Waals surface area contributed by atoms with E-state index >= 15 is 0 Å². The van der Waals surface area contributed by atoms with Crippen molar-refractivity contribution in [3.8, 4) is 0 Å². The Bertz CT molecular complexity index is 647. The number of hydrogen-bond acceptors (Lipinski definition) is 3. The molecule has 18 heavy (non-hydrogen) atoms. The highest BCUT2D eigenvalue weighted by molar-refractivity contribution is 7.71. The highest BCUT2D eigenvalue weighted by Crippen LogP contribution is 2.23. The van der Waals surface area contributed by atoms with Crippen LogP contribution in [0.5, 0.6) is 0 Å². The second-order valence-electron chi connectivity index (χ2n) is 3.91. The molecule has 0 amide bonds. The van der Waals surface area contributed by atoms with Gasteiger partial charge in [-0.05, 0) is 36.8 Å². The number of fused-ring (bicyclic) bond motifs is 1. The van der Waals surface area contributed by atoms with Crippen molar-refractivity contribution in [1.82, 2.24) is 9.55 Å². The zero-order valence-electron chi connectivity index (χ0n) is 10.1. The summed E-state index contributed by atoms with van der Waals surface area (Å²) in [5, 5.41) is 0. The Balaban J connectivity index is 2.68. The lowest BCUT2D eigenvalue weighted by molar-refractivity contribution is -0.144. The Morgan fingerprint density at radius 1 is 1.61 bits per heavy atom. The first-order chi connectivity index (χ1) is 8.58. The third-order valence-corrected chi connectivity index (χ3v) is 3.15. The molecule has 0 bridgehead atoms. The minimum Gasteiger partial charge on any atom is -0.467 e. The van der Waals surface area contributed by atoms with Gasteiger partial charge in [0.2, 0.25) is 0 Å². The number of H-pyrrole nitrogens is 1. The predicted octanol–water partition coefficient (Wildman–Crippen LogP) is 2.96. The monoisotopic (exact) mass is 268 g/mol. The number of nitrogens with one attached hydrogen (secondary N) is 1. The Morgan fingerprint density at radius 2 is 2.33 bits per heavy atom. The summed E-state index contributed by atoms with van der Waals surface area (Å²) in [4.78, 5) is 14.7. The van der Waals surface area contributed by atoms with E-state index in [4.69, 9.17) is 17.0 Å². The van der Waals surface area contributed by atoms with Crippen LogP contribution >= 0.6 is 12.2 Å². The number of nitrogens with zero attached hydrogens (tertiary/aromatic N) is 1. The lowest BCUT2D eigenvalue weighted by Crippen LogP contribution is -2.20. The molecule has 1 aromatic heterocycles. The van der Waals surface area contributed by atoms with Crippen LogP contribution in [-0.2, 0) is 9.53 Å². The van der Waals surface area contributed by atoms with E-state index in [2.05, 4.69) is 4.98 Å². The lowest BCUT2D eigenvalue weighted by Gasteiger charge is -2.15. The summed E-state index contributed by atoms with van der Waals surface area (Å²) >= 11 is 5.18. The number of methoxy groups -OCH3 is 1. The van der Waals surface area contributed by atoms with Gasteiger partial charge in [0.15, 0.2) is 4.77 Å². The van der Waals surface area contributed by atoms with Crippen molar-refractivity contribution in [2.24, 2.45) is 0 Å². The van der Waals surface area contributed by atoms with Gasteiger partial charge in [-0.15, -0.1) is 0 Å². The van der Waals surface area contributed by atoms with Crippen molar-refractivity contribution in [1.29, 1.82) is 0 Å². The largest absolute Gasteiger partial charge is 0.467 e. The molecule has 0 spiro atoms. The van der Waals surface area contributed by atoms with Crippen molar-refractivity contribution in [3.63, 3.8) is 0 Å². The standard InChI is InChI=1S/C12H13FN2O2S/c1-3-9(11(16)17-2)15-10-6-7(13)4-5-8(10)14-12(15)18/h4-6,9H,3H2,1-2H3,(H,14,18). The average molecular weight is 268 g/mol. The molecule has 0 fully saturated rings. The van der Waals surface area contributed by atoms with Gasteiger partial charge in [0.1, 0.15) is 11.9 Å². The zero-order chi connectivity index (χ0) is 13.3. The molecular weight excluding hydrogens is 255 g/mol. The molecular formula is C12H13FN2O2S. The fraction of sp³-hybridized carbons (Fsp3) is 0.333. The molecule has 0 aliphatic rings. The Kier molecular flexibility index (Phi) is 3.47. The third kappa shape index (κ3) is 2.03. The molecule has 4 nitrogen and oxygen atoms in total.